The van der Waals surface area contributed by atoms with E-state index in [0.29, 0.717) is 5.69 Å². The van der Waals surface area contributed by atoms with Crippen molar-refractivity contribution >= 4 is 0 Å². The van der Waals surface area contributed by atoms with Gasteiger partial charge in [-0.15, -0.1) is 0 Å². The number of hydrogen-bond donors (Lipinski definition) is 3. The number of ether oxygens (including phenoxy) is 1. The Balaban J connectivity index is 2.37. The first kappa shape index (κ1) is 12.0. The fourth-order valence-electron chi connectivity index (χ4n) is 1.93. The summed E-state index contributed by atoms with van der Waals surface area (Å²) in [7, 11) is 0. The SMILES string of the molecule is Cc1cc(=O)n(C2CC(O)C(CO)O2)c(=O)[nH]1. The van der Waals surface area contributed by atoms with Crippen LogP contribution in [0.2, 0.25) is 0 Å². The van der Waals surface area contributed by atoms with Crippen LogP contribution in [-0.2, 0) is 4.74 Å². The van der Waals surface area contributed by atoms with E-state index >= 15 is 0 Å². The van der Waals surface area contributed by atoms with Crippen molar-refractivity contribution in [1.29, 1.82) is 0 Å². The van der Waals surface area contributed by atoms with Crippen molar-refractivity contribution in [3.63, 3.8) is 0 Å². The predicted octanol–water partition coefficient (Wildman–Crippen LogP) is -1.51. The summed E-state index contributed by atoms with van der Waals surface area (Å²) < 4.78 is 6.16. The van der Waals surface area contributed by atoms with Gasteiger partial charge in [0, 0.05) is 18.2 Å². The van der Waals surface area contributed by atoms with E-state index in [2.05, 4.69) is 4.98 Å². The molecule has 3 N–H and O–H groups in total. The third kappa shape index (κ3) is 2.17. The third-order valence-electron chi connectivity index (χ3n) is 2.77. The van der Waals surface area contributed by atoms with Gasteiger partial charge in [0.2, 0.25) is 0 Å². The Hall–Kier alpha value is -1.44. The molecule has 0 bridgehead atoms. The summed E-state index contributed by atoms with van der Waals surface area (Å²) in [4.78, 5) is 25.8. The minimum absolute atomic E-state index is 0.108. The highest BCUT2D eigenvalue weighted by molar-refractivity contribution is 4.98. The molecular weight excluding hydrogens is 228 g/mol. The molecule has 0 radical (unpaired) electrons. The number of rotatable bonds is 2. The van der Waals surface area contributed by atoms with Crippen LogP contribution in [0.3, 0.4) is 0 Å². The number of aliphatic hydroxyl groups is 2. The molecule has 0 saturated carbocycles. The molecule has 2 rings (SSSR count). The van der Waals surface area contributed by atoms with Gasteiger partial charge in [-0.2, -0.15) is 0 Å². The van der Waals surface area contributed by atoms with Gasteiger partial charge in [0.15, 0.2) is 0 Å². The summed E-state index contributed by atoms with van der Waals surface area (Å²) in [5.74, 6) is 0. The number of aromatic amines is 1. The van der Waals surface area contributed by atoms with E-state index in [0.717, 1.165) is 4.57 Å². The maximum absolute atomic E-state index is 11.7. The number of aliphatic hydroxyl groups excluding tert-OH is 2. The zero-order valence-corrected chi connectivity index (χ0v) is 9.29. The lowest BCUT2D eigenvalue weighted by Crippen LogP contribution is -2.38. The van der Waals surface area contributed by atoms with Crippen LogP contribution in [0.4, 0.5) is 0 Å². The van der Waals surface area contributed by atoms with E-state index in [4.69, 9.17) is 9.84 Å². The highest BCUT2D eigenvalue weighted by atomic mass is 16.5. The molecule has 1 aliphatic rings. The van der Waals surface area contributed by atoms with Gasteiger partial charge in [-0.05, 0) is 6.92 Å². The molecule has 1 aromatic rings. The zero-order valence-electron chi connectivity index (χ0n) is 9.29. The summed E-state index contributed by atoms with van der Waals surface area (Å²) in [6.45, 7) is 1.25. The smallest absolute Gasteiger partial charge is 0.330 e. The normalized spacial score (nSPS) is 28.5. The van der Waals surface area contributed by atoms with Crippen molar-refractivity contribution in [2.24, 2.45) is 0 Å². The molecule has 3 unspecified atom stereocenters. The van der Waals surface area contributed by atoms with Crippen LogP contribution in [0.25, 0.3) is 0 Å². The van der Waals surface area contributed by atoms with Crippen LogP contribution in [0, 0.1) is 6.92 Å². The summed E-state index contributed by atoms with van der Waals surface area (Å²) >= 11 is 0. The molecule has 1 saturated heterocycles. The first-order valence-corrected chi connectivity index (χ1v) is 5.29. The minimum atomic E-state index is -0.877. The molecule has 0 spiro atoms. The average Bonchev–Trinajstić information content (AvgIpc) is 2.57. The van der Waals surface area contributed by atoms with Gasteiger partial charge in [0.05, 0.1) is 12.7 Å². The molecule has 17 heavy (non-hydrogen) atoms. The van der Waals surface area contributed by atoms with E-state index in [1.165, 1.54) is 6.07 Å². The van der Waals surface area contributed by atoms with Gasteiger partial charge in [-0.3, -0.25) is 4.79 Å². The van der Waals surface area contributed by atoms with Crippen molar-refractivity contribution in [2.45, 2.75) is 31.8 Å². The second-order valence-electron chi connectivity index (χ2n) is 4.08. The largest absolute Gasteiger partial charge is 0.394 e. The van der Waals surface area contributed by atoms with Gasteiger partial charge in [0.25, 0.3) is 5.56 Å². The average molecular weight is 242 g/mol. The summed E-state index contributed by atoms with van der Waals surface area (Å²) in [5, 5.41) is 18.5. The van der Waals surface area contributed by atoms with Crippen LogP contribution >= 0.6 is 0 Å². The maximum atomic E-state index is 11.7. The Bertz CT molecular complexity index is 489. The molecule has 1 fully saturated rings. The molecule has 1 aliphatic heterocycles. The lowest BCUT2D eigenvalue weighted by molar-refractivity contribution is -0.0469. The van der Waals surface area contributed by atoms with E-state index in [9.17, 15) is 14.7 Å². The number of H-pyrrole nitrogens is 1. The van der Waals surface area contributed by atoms with Crippen LogP contribution < -0.4 is 11.2 Å². The molecule has 0 aromatic carbocycles. The van der Waals surface area contributed by atoms with Gasteiger partial charge in [-0.1, -0.05) is 0 Å². The third-order valence-corrected chi connectivity index (χ3v) is 2.77. The topological polar surface area (TPSA) is 105 Å². The van der Waals surface area contributed by atoms with Gasteiger partial charge >= 0.3 is 5.69 Å². The van der Waals surface area contributed by atoms with E-state index in [1.807, 2.05) is 0 Å². The first-order valence-electron chi connectivity index (χ1n) is 5.29. The number of hydrogen-bond acceptors (Lipinski definition) is 5. The molecule has 1 aromatic heterocycles. The Morgan fingerprint density at radius 3 is 2.82 bits per heavy atom. The highest BCUT2D eigenvalue weighted by Crippen LogP contribution is 2.26. The second-order valence-corrected chi connectivity index (χ2v) is 4.08. The Morgan fingerprint density at radius 1 is 1.59 bits per heavy atom. The number of nitrogens with one attached hydrogen (secondary N) is 1. The lowest BCUT2D eigenvalue weighted by Gasteiger charge is -2.13. The Labute approximate surface area is 96.3 Å². The molecule has 2 heterocycles. The molecule has 7 heteroatoms. The summed E-state index contributed by atoms with van der Waals surface area (Å²) in [6, 6.07) is 1.28. The van der Waals surface area contributed by atoms with Crippen molar-refractivity contribution in [3.8, 4) is 0 Å². The van der Waals surface area contributed by atoms with E-state index in [-0.39, 0.29) is 13.0 Å². The van der Waals surface area contributed by atoms with E-state index < -0.39 is 29.7 Å². The summed E-state index contributed by atoms with van der Waals surface area (Å²) in [6.07, 6.45) is -2.36. The predicted molar refractivity (Wildman–Crippen MR) is 57.7 cm³/mol. The molecule has 0 amide bonds. The van der Waals surface area contributed by atoms with E-state index in [1.54, 1.807) is 6.92 Å². The molecular formula is C10H14N2O5. The van der Waals surface area contributed by atoms with Crippen LogP contribution in [0.1, 0.15) is 18.3 Å². The maximum Gasteiger partial charge on any atom is 0.330 e. The lowest BCUT2D eigenvalue weighted by atomic mass is 10.2. The molecule has 7 nitrogen and oxygen atoms in total. The van der Waals surface area contributed by atoms with Crippen LogP contribution in [-0.4, -0.2) is 38.6 Å². The fourth-order valence-corrected chi connectivity index (χ4v) is 1.93. The fraction of sp³-hybridized carbons (Fsp3) is 0.600. The minimum Gasteiger partial charge on any atom is -0.394 e. The van der Waals surface area contributed by atoms with Crippen molar-refractivity contribution in [3.05, 3.63) is 32.6 Å². The summed E-state index contributed by atoms with van der Waals surface area (Å²) in [5.41, 5.74) is -0.596. The monoisotopic (exact) mass is 242 g/mol. The zero-order chi connectivity index (χ0) is 12.6. The van der Waals surface area contributed by atoms with Crippen molar-refractivity contribution in [1.82, 2.24) is 9.55 Å². The number of nitrogens with zero attached hydrogens (tertiary/aromatic N) is 1. The molecule has 0 aliphatic carbocycles. The Kier molecular flexibility index (Phi) is 3.14. The molecule has 3 atom stereocenters. The highest BCUT2D eigenvalue weighted by Gasteiger charge is 2.35. The van der Waals surface area contributed by atoms with Gasteiger partial charge < -0.3 is 19.9 Å². The second kappa shape index (κ2) is 4.44. The first-order chi connectivity index (χ1) is 8.02. The van der Waals surface area contributed by atoms with Crippen LogP contribution in [0.5, 0.6) is 0 Å². The van der Waals surface area contributed by atoms with Gasteiger partial charge in [-0.25, -0.2) is 9.36 Å². The number of aromatic nitrogens is 2. The van der Waals surface area contributed by atoms with Crippen molar-refractivity contribution < 1.29 is 14.9 Å². The van der Waals surface area contributed by atoms with Gasteiger partial charge in [0.1, 0.15) is 12.3 Å². The molecule has 94 valence electrons. The number of aryl methyl sites for hydroxylation is 1. The quantitative estimate of drug-likeness (QED) is 0.584. The van der Waals surface area contributed by atoms with Crippen molar-refractivity contribution in [2.75, 3.05) is 6.61 Å². The standard InChI is InChI=1S/C10H14N2O5/c1-5-2-8(15)12(10(16)11-5)9-3-6(14)7(4-13)17-9/h2,6-7,9,13-14H,3-4H2,1H3,(H,11,16). The van der Waals surface area contributed by atoms with Crippen LogP contribution in [0.15, 0.2) is 15.7 Å². The Morgan fingerprint density at radius 2 is 2.29 bits per heavy atom.